The van der Waals surface area contributed by atoms with Gasteiger partial charge in [-0.15, -0.1) is 11.3 Å². The maximum atomic E-state index is 6.03. The predicted molar refractivity (Wildman–Crippen MR) is 91.9 cm³/mol. The highest BCUT2D eigenvalue weighted by Crippen LogP contribution is 2.35. The number of rotatable bonds is 5. The number of hydrogen-bond acceptors (Lipinski definition) is 2. The maximum Gasteiger partial charge on any atom is 0.0931 e. The van der Waals surface area contributed by atoms with Crippen molar-refractivity contribution in [2.24, 2.45) is 5.92 Å². The fraction of sp³-hybridized carbons (Fsp3) is 0.444. The van der Waals surface area contributed by atoms with Gasteiger partial charge in [-0.05, 0) is 36.5 Å². The van der Waals surface area contributed by atoms with Crippen LogP contribution in [-0.2, 0) is 6.54 Å². The van der Waals surface area contributed by atoms with Crippen LogP contribution in [0.15, 0.2) is 42.5 Å². The van der Waals surface area contributed by atoms with Gasteiger partial charge in [0.25, 0.3) is 0 Å². The first-order chi connectivity index (χ1) is 10.3. The highest BCUT2D eigenvalue weighted by Gasteiger charge is 2.24. The molecule has 1 atom stereocenters. The Kier molecular flexibility index (Phi) is 5.34. The Morgan fingerprint density at radius 3 is 2.48 bits per heavy atom. The Hall–Kier alpha value is -0.830. The van der Waals surface area contributed by atoms with Gasteiger partial charge in [0.2, 0.25) is 0 Å². The lowest BCUT2D eigenvalue weighted by Crippen LogP contribution is -2.29. The molecule has 1 aromatic heterocycles. The van der Waals surface area contributed by atoms with E-state index in [1.165, 1.54) is 42.5 Å². The van der Waals surface area contributed by atoms with Crippen LogP contribution in [0.3, 0.4) is 0 Å². The van der Waals surface area contributed by atoms with E-state index < -0.39 is 0 Å². The second-order valence-electron chi connectivity index (χ2n) is 5.87. The third-order valence-electron chi connectivity index (χ3n) is 4.40. The van der Waals surface area contributed by atoms with Crippen molar-refractivity contribution in [1.29, 1.82) is 0 Å². The molecule has 3 rings (SSSR count). The van der Waals surface area contributed by atoms with E-state index in [0.717, 1.165) is 16.8 Å². The lowest BCUT2D eigenvalue weighted by Gasteiger charge is -2.31. The van der Waals surface area contributed by atoms with Crippen LogP contribution >= 0.6 is 22.9 Å². The predicted octanol–water partition coefficient (Wildman–Crippen LogP) is 5.81. The summed E-state index contributed by atoms with van der Waals surface area (Å²) in [6.07, 6.45) is 6.84. The van der Waals surface area contributed by atoms with Crippen molar-refractivity contribution in [1.82, 2.24) is 5.32 Å². The van der Waals surface area contributed by atoms with Gasteiger partial charge in [0.05, 0.1) is 4.34 Å². The Morgan fingerprint density at radius 1 is 1.05 bits per heavy atom. The third-order valence-corrected chi connectivity index (χ3v) is 5.64. The molecule has 1 N–H and O–H groups in total. The summed E-state index contributed by atoms with van der Waals surface area (Å²) in [4.78, 5) is 1.32. The molecule has 21 heavy (non-hydrogen) atoms. The van der Waals surface area contributed by atoms with Crippen LogP contribution in [0.1, 0.15) is 48.6 Å². The van der Waals surface area contributed by atoms with Gasteiger partial charge >= 0.3 is 0 Å². The molecule has 2 aromatic rings. The summed E-state index contributed by atoms with van der Waals surface area (Å²) in [6, 6.07) is 15.5. The van der Waals surface area contributed by atoms with Crippen LogP contribution < -0.4 is 5.32 Å². The van der Waals surface area contributed by atoms with Crippen molar-refractivity contribution in [2.45, 2.75) is 44.7 Å². The summed E-state index contributed by atoms with van der Waals surface area (Å²) in [5, 5.41) is 3.79. The van der Waals surface area contributed by atoms with Gasteiger partial charge in [0, 0.05) is 17.5 Å². The van der Waals surface area contributed by atoms with Crippen molar-refractivity contribution >= 4 is 22.9 Å². The lowest BCUT2D eigenvalue weighted by atomic mass is 9.81. The molecule has 0 bridgehead atoms. The first kappa shape index (κ1) is 15.1. The van der Waals surface area contributed by atoms with E-state index in [2.05, 4.69) is 41.7 Å². The molecule has 1 heterocycles. The number of benzene rings is 1. The third kappa shape index (κ3) is 4.09. The highest BCUT2D eigenvalue weighted by molar-refractivity contribution is 7.16. The van der Waals surface area contributed by atoms with Crippen LogP contribution in [-0.4, -0.2) is 0 Å². The summed E-state index contributed by atoms with van der Waals surface area (Å²) in [7, 11) is 0. The average Bonchev–Trinajstić information content (AvgIpc) is 2.95. The monoisotopic (exact) mass is 319 g/mol. The number of halogens is 1. The number of hydrogen-bond donors (Lipinski definition) is 1. The van der Waals surface area contributed by atoms with E-state index in [4.69, 9.17) is 11.6 Å². The van der Waals surface area contributed by atoms with Crippen molar-refractivity contribution in [3.8, 4) is 0 Å². The van der Waals surface area contributed by atoms with Crippen molar-refractivity contribution in [3.05, 3.63) is 57.2 Å². The second-order valence-corrected chi connectivity index (χ2v) is 7.67. The van der Waals surface area contributed by atoms with E-state index >= 15 is 0 Å². The molecule has 0 radical (unpaired) electrons. The fourth-order valence-electron chi connectivity index (χ4n) is 3.34. The molecule has 0 spiro atoms. The van der Waals surface area contributed by atoms with Crippen LogP contribution in [0, 0.1) is 5.92 Å². The van der Waals surface area contributed by atoms with Crippen LogP contribution in [0.4, 0.5) is 0 Å². The minimum atomic E-state index is 0.465. The van der Waals surface area contributed by atoms with Crippen LogP contribution in [0.25, 0.3) is 0 Å². The maximum absolute atomic E-state index is 6.03. The molecule has 3 heteroatoms. The molecule has 112 valence electrons. The van der Waals surface area contributed by atoms with Gasteiger partial charge in [0.1, 0.15) is 0 Å². The minimum Gasteiger partial charge on any atom is -0.305 e. The molecule has 1 aliphatic carbocycles. The van der Waals surface area contributed by atoms with Crippen molar-refractivity contribution in [2.75, 3.05) is 0 Å². The van der Waals surface area contributed by atoms with E-state index in [1.54, 1.807) is 11.3 Å². The molecule has 1 aliphatic rings. The first-order valence-electron chi connectivity index (χ1n) is 7.85. The molecular weight excluding hydrogens is 298 g/mol. The summed E-state index contributed by atoms with van der Waals surface area (Å²) >= 11 is 7.71. The van der Waals surface area contributed by atoms with Crippen LogP contribution in [0.2, 0.25) is 4.34 Å². The zero-order chi connectivity index (χ0) is 14.5. The van der Waals surface area contributed by atoms with Gasteiger partial charge in [-0.2, -0.15) is 0 Å². The zero-order valence-corrected chi connectivity index (χ0v) is 13.8. The highest BCUT2D eigenvalue weighted by atomic mass is 35.5. The van der Waals surface area contributed by atoms with Gasteiger partial charge in [-0.1, -0.05) is 61.2 Å². The van der Waals surface area contributed by atoms with E-state index in [1.807, 2.05) is 6.07 Å². The van der Waals surface area contributed by atoms with Gasteiger partial charge in [-0.25, -0.2) is 0 Å². The molecule has 1 saturated carbocycles. The molecule has 0 amide bonds. The fourth-order valence-corrected chi connectivity index (χ4v) is 4.38. The SMILES string of the molecule is Clc1ccc(CNC(c2ccccc2)C2CCCCC2)s1. The van der Waals surface area contributed by atoms with Gasteiger partial charge < -0.3 is 5.32 Å². The molecule has 1 fully saturated rings. The quantitative estimate of drug-likeness (QED) is 0.733. The van der Waals surface area contributed by atoms with Crippen LogP contribution in [0.5, 0.6) is 0 Å². The lowest BCUT2D eigenvalue weighted by molar-refractivity contribution is 0.270. The summed E-state index contributed by atoms with van der Waals surface area (Å²) in [5.74, 6) is 0.761. The van der Waals surface area contributed by atoms with Gasteiger partial charge in [0.15, 0.2) is 0 Å². The molecule has 1 aromatic carbocycles. The van der Waals surface area contributed by atoms with E-state index in [-0.39, 0.29) is 0 Å². The number of nitrogens with one attached hydrogen (secondary N) is 1. The normalized spacial score (nSPS) is 17.8. The topological polar surface area (TPSA) is 12.0 Å². The second kappa shape index (κ2) is 7.44. The largest absolute Gasteiger partial charge is 0.305 e. The molecule has 1 nitrogen and oxygen atoms in total. The van der Waals surface area contributed by atoms with Crippen molar-refractivity contribution in [3.63, 3.8) is 0 Å². The van der Waals surface area contributed by atoms with Gasteiger partial charge in [-0.3, -0.25) is 0 Å². The Labute approximate surface area is 136 Å². The first-order valence-corrected chi connectivity index (χ1v) is 9.05. The van der Waals surface area contributed by atoms with Crippen molar-refractivity contribution < 1.29 is 0 Å². The van der Waals surface area contributed by atoms with E-state index in [9.17, 15) is 0 Å². The Balaban J connectivity index is 1.72. The Bertz CT molecular complexity index is 545. The molecule has 1 unspecified atom stereocenters. The molecule has 0 saturated heterocycles. The minimum absolute atomic E-state index is 0.465. The Morgan fingerprint density at radius 2 is 1.81 bits per heavy atom. The number of thiophene rings is 1. The standard InChI is InChI=1S/C18H22ClNS/c19-17-12-11-16(21-17)13-20-18(14-7-3-1-4-8-14)15-9-5-2-6-10-15/h1,3-4,7-8,11-12,15,18,20H,2,5-6,9-10,13H2. The summed E-state index contributed by atoms with van der Waals surface area (Å²) in [6.45, 7) is 0.910. The average molecular weight is 320 g/mol. The smallest absolute Gasteiger partial charge is 0.0931 e. The summed E-state index contributed by atoms with van der Waals surface area (Å²) in [5.41, 5.74) is 1.42. The molecular formula is C18H22ClNS. The molecule has 0 aliphatic heterocycles. The summed E-state index contributed by atoms with van der Waals surface area (Å²) < 4.78 is 0.876. The van der Waals surface area contributed by atoms with E-state index in [0.29, 0.717) is 6.04 Å². The zero-order valence-electron chi connectivity index (χ0n) is 12.2.